The molecule has 0 bridgehead atoms. The minimum Gasteiger partial charge on any atom is -0.255 e. The third kappa shape index (κ3) is 1.67. The summed E-state index contributed by atoms with van der Waals surface area (Å²) in [7, 11) is -0.834. The second kappa shape index (κ2) is 2.97. The van der Waals surface area contributed by atoms with Crippen molar-refractivity contribution in [3.8, 4) is 0 Å². The minimum absolute atomic E-state index is 0.834. The van der Waals surface area contributed by atoms with Gasteiger partial charge >= 0.3 is 0 Å². The Hall–Kier alpha value is -0.630. The lowest BCUT2D eigenvalue weighted by atomic mass is 10.1. The molecule has 2 heteroatoms. The Morgan fingerprint density at radius 1 is 1.60 bits per heavy atom. The fraction of sp³-hybridized carbons (Fsp3) is 0.250. The minimum atomic E-state index is -0.834. The van der Waals surface area contributed by atoms with Crippen molar-refractivity contribution in [1.82, 2.24) is 0 Å². The van der Waals surface area contributed by atoms with Gasteiger partial charge in [-0.3, -0.25) is 4.21 Å². The zero-order valence-corrected chi connectivity index (χ0v) is 6.78. The molecule has 1 aliphatic rings. The molecule has 1 atom stereocenters. The fourth-order valence-corrected chi connectivity index (χ4v) is 1.36. The molecule has 54 valence electrons. The summed E-state index contributed by atoms with van der Waals surface area (Å²) in [6.07, 6.45) is 8.26. The average Bonchev–Trinajstić information content (AvgIpc) is 1.88. The summed E-state index contributed by atoms with van der Waals surface area (Å²) in [5.41, 5.74) is 1.08. The fourth-order valence-electron chi connectivity index (χ4n) is 0.781. The van der Waals surface area contributed by atoms with Crippen molar-refractivity contribution in [3.63, 3.8) is 0 Å². The van der Waals surface area contributed by atoms with Crippen LogP contribution in [0.1, 0.15) is 6.42 Å². The summed E-state index contributed by atoms with van der Waals surface area (Å²) in [5, 5.41) is 0. The van der Waals surface area contributed by atoms with E-state index in [1.165, 1.54) is 0 Å². The van der Waals surface area contributed by atoms with Crippen LogP contribution in [0.4, 0.5) is 0 Å². The van der Waals surface area contributed by atoms with Gasteiger partial charge in [0, 0.05) is 22.0 Å². The van der Waals surface area contributed by atoms with Gasteiger partial charge in [-0.05, 0) is 12.5 Å². The number of hydrogen-bond donors (Lipinski definition) is 0. The van der Waals surface area contributed by atoms with Gasteiger partial charge in [0.15, 0.2) is 0 Å². The summed E-state index contributed by atoms with van der Waals surface area (Å²) >= 11 is 0. The second-order valence-electron chi connectivity index (χ2n) is 2.26. The molecule has 0 aromatic rings. The van der Waals surface area contributed by atoms with E-state index in [-0.39, 0.29) is 0 Å². The van der Waals surface area contributed by atoms with Crippen molar-refractivity contribution in [2.45, 2.75) is 6.42 Å². The molecule has 1 nitrogen and oxygen atoms in total. The molecule has 1 rings (SSSR count). The van der Waals surface area contributed by atoms with Crippen LogP contribution in [0.25, 0.3) is 0 Å². The molecule has 0 N–H and O–H groups in total. The first-order chi connectivity index (χ1) is 4.70. The largest absolute Gasteiger partial charge is 0.255 e. The van der Waals surface area contributed by atoms with Crippen LogP contribution < -0.4 is 0 Å². The third-order valence-electron chi connectivity index (χ3n) is 1.38. The predicted octanol–water partition coefficient (Wildman–Crippen LogP) is 1.76. The van der Waals surface area contributed by atoms with Gasteiger partial charge in [0.25, 0.3) is 0 Å². The maximum absolute atomic E-state index is 10.9. The third-order valence-corrected chi connectivity index (χ3v) is 2.35. The monoisotopic (exact) mass is 154 g/mol. The van der Waals surface area contributed by atoms with Gasteiger partial charge in [0.2, 0.25) is 0 Å². The second-order valence-corrected chi connectivity index (χ2v) is 3.64. The topological polar surface area (TPSA) is 17.1 Å². The van der Waals surface area contributed by atoms with Crippen molar-refractivity contribution in [2.24, 2.45) is 0 Å². The standard InChI is InChI=1S/C8H10OS/c1-7-3-5-8(6-4-7)10(2)9/h3,5-6H,1,4H2,2H3. The molecule has 0 amide bonds. The Balaban J connectivity index is 2.77. The van der Waals surface area contributed by atoms with Crippen molar-refractivity contribution >= 4 is 10.8 Å². The van der Waals surface area contributed by atoms with Crippen LogP contribution in [0.3, 0.4) is 0 Å². The molecule has 1 unspecified atom stereocenters. The molecule has 0 radical (unpaired) electrons. The van der Waals surface area contributed by atoms with Crippen molar-refractivity contribution in [1.29, 1.82) is 0 Å². The number of hydrogen-bond acceptors (Lipinski definition) is 1. The summed E-state index contributed by atoms with van der Waals surface area (Å²) in [5.74, 6) is 0. The van der Waals surface area contributed by atoms with E-state index in [1.54, 1.807) is 6.26 Å². The van der Waals surface area contributed by atoms with E-state index in [0.717, 1.165) is 16.9 Å². The zero-order chi connectivity index (χ0) is 7.56. The SMILES string of the molecule is C=C1C=CC(S(C)=O)=CC1. The Bertz CT molecular complexity index is 236. The molecule has 0 spiro atoms. The van der Waals surface area contributed by atoms with E-state index >= 15 is 0 Å². The molecular formula is C8H10OS. The van der Waals surface area contributed by atoms with Gasteiger partial charge < -0.3 is 0 Å². The molecule has 10 heavy (non-hydrogen) atoms. The normalized spacial score (nSPS) is 20.5. The Morgan fingerprint density at radius 2 is 2.30 bits per heavy atom. The van der Waals surface area contributed by atoms with Crippen LogP contribution in [0.15, 0.2) is 35.3 Å². The van der Waals surface area contributed by atoms with Crippen LogP contribution in [0.2, 0.25) is 0 Å². The quantitative estimate of drug-likeness (QED) is 0.562. The van der Waals surface area contributed by atoms with Crippen LogP contribution in [-0.4, -0.2) is 10.5 Å². The molecular weight excluding hydrogens is 144 g/mol. The smallest absolute Gasteiger partial charge is 0.0494 e. The highest BCUT2D eigenvalue weighted by Gasteiger charge is 2.01. The lowest BCUT2D eigenvalue weighted by Crippen LogP contribution is -1.92. The molecule has 1 aliphatic carbocycles. The molecule has 0 aromatic carbocycles. The van der Waals surface area contributed by atoms with Gasteiger partial charge in [0.05, 0.1) is 0 Å². The summed E-state index contributed by atoms with van der Waals surface area (Å²) in [4.78, 5) is 0.910. The van der Waals surface area contributed by atoms with Crippen molar-refractivity contribution < 1.29 is 4.21 Å². The molecule has 0 aromatic heterocycles. The van der Waals surface area contributed by atoms with E-state index < -0.39 is 10.8 Å². The lowest BCUT2D eigenvalue weighted by molar-refractivity contribution is 0.690. The van der Waals surface area contributed by atoms with Gasteiger partial charge in [-0.15, -0.1) is 0 Å². The number of rotatable bonds is 1. The highest BCUT2D eigenvalue weighted by molar-refractivity contribution is 7.88. The highest BCUT2D eigenvalue weighted by Crippen LogP contribution is 2.14. The average molecular weight is 154 g/mol. The molecule has 0 saturated heterocycles. The highest BCUT2D eigenvalue weighted by atomic mass is 32.2. The van der Waals surface area contributed by atoms with Crippen LogP contribution in [0.5, 0.6) is 0 Å². The first kappa shape index (κ1) is 7.48. The van der Waals surface area contributed by atoms with E-state index in [0.29, 0.717) is 0 Å². The first-order valence-electron chi connectivity index (χ1n) is 3.09. The van der Waals surface area contributed by atoms with Crippen molar-refractivity contribution in [3.05, 3.63) is 35.3 Å². The van der Waals surface area contributed by atoms with Crippen LogP contribution >= 0.6 is 0 Å². The van der Waals surface area contributed by atoms with Gasteiger partial charge in [0.1, 0.15) is 0 Å². The predicted molar refractivity (Wildman–Crippen MR) is 45.0 cm³/mol. The van der Waals surface area contributed by atoms with E-state index in [9.17, 15) is 4.21 Å². The van der Waals surface area contributed by atoms with Crippen molar-refractivity contribution in [2.75, 3.05) is 6.26 Å². The molecule has 0 aliphatic heterocycles. The summed E-state index contributed by atoms with van der Waals surface area (Å²) < 4.78 is 10.9. The van der Waals surface area contributed by atoms with E-state index in [1.807, 2.05) is 18.2 Å². The van der Waals surface area contributed by atoms with E-state index in [2.05, 4.69) is 6.58 Å². The maximum atomic E-state index is 10.9. The molecule has 0 fully saturated rings. The molecule has 0 saturated carbocycles. The summed E-state index contributed by atoms with van der Waals surface area (Å²) in [6, 6.07) is 0. The van der Waals surface area contributed by atoms with E-state index in [4.69, 9.17) is 0 Å². The zero-order valence-electron chi connectivity index (χ0n) is 5.96. The van der Waals surface area contributed by atoms with Gasteiger partial charge in [-0.1, -0.05) is 24.3 Å². The maximum Gasteiger partial charge on any atom is 0.0494 e. The van der Waals surface area contributed by atoms with Crippen LogP contribution in [-0.2, 0) is 10.8 Å². The lowest BCUT2D eigenvalue weighted by Gasteiger charge is -2.03. The van der Waals surface area contributed by atoms with Gasteiger partial charge in [-0.25, -0.2) is 0 Å². The summed E-state index contributed by atoms with van der Waals surface area (Å²) in [6.45, 7) is 3.78. The Kier molecular flexibility index (Phi) is 2.22. The molecule has 0 heterocycles. The Morgan fingerprint density at radius 3 is 2.70 bits per heavy atom. The van der Waals surface area contributed by atoms with Gasteiger partial charge in [-0.2, -0.15) is 0 Å². The number of allylic oxidation sites excluding steroid dienone is 4. The first-order valence-corrected chi connectivity index (χ1v) is 4.65. The van der Waals surface area contributed by atoms with Crippen LogP contribution in [0, 0.1) is 0 Å². The Labute approximate surface area is 63.6 Å².